The molecular formula is C16H17N3O3S. The van der Waals surface area contributed by atoms with E-state index >= 15 is 0 Å². The Bertz CT molecular complexity index is 785. The number of nitrogens with one attached hydrogen (secondary N) is 2. The van der Waals surface area contributed by atoms with Crippen LogP contribution in [0.4, 0.5) is 5.69 Å². The van der Waals surface area contributed by atoms with E-state index in [1.54, 1.807) is 48.5 Å². The van der Waals surface area contributed by atoms with Crippen LogP contribution in [0.5, 0.6) is 0 Å². The highest BCUT2D eigenvalue weighted by molar-refractivity contribution is 7.88. The summed E-state index contributed by atoms with van der Waals surface area (Å²) in [5.41, 5.74) is 2.07. The summed E-state index contributed by atoms with van der Waals surface area (Å²) in [5, 5.41) is 6.39. The van der Waals surface area contributed by atoms with Gasteiger partial charge in [0.25, 0.3) is 10.0 Å². The van der Waals surface area contributed by atoms with Gasteiger partial charge in [0.15, 0.2) is 0 Å². The van der Waals surface area contributed by atoms with Crippen LogP contribution < -0.4 is 10.1 Å². The van der Waals surface area contributed by atoms with E-state index in [0.29, 0.717) is 16.8 Å². The molecule has 0 aliphatic carbocycles. The van der Waals surface area contributed by atoms with Gasteiger partial charge in [-0.1, -0.05) is 42.5 Å². The van der Waals surface area contributed by atoms with Gasteiger partial charge in [-0.3, -0.25) is 4.79 Å². The fraction of sp³-hybridized carbons (Fsp3) is 0.125. The number of hydrogen-bond acceptors (Lipinski definition) is 4. The Kier molecular flexibility index (Phi) is 5.48. The Morgan fingerprint density at radius 1 is 1.09 bits per heavy atom. The zero-order valence-corrected chi connectivity index (χ0v) is 13.4. The van der Waals surface area contributed by atoms with Crippen molar-refractivity contribution < 1.29 is 13.2 Å². The Morgan fingerprint density at radius 2 is 1.74 bits per heavy atom. The summed E-state index contributed by atoms with van der Waals surface area (Å²) in [7, 11) is -3.53. The molecule has 0 spiro atoms. The van der Waals surface area contributed by atoms with Gasteiger partial charge in [0.05, 0.1) is 12.0 Å². The maximum Gasteiger partial charge on any atom is 0.251 e. The quantitative estimate of drug-likeness (QED) is 0.627. The van der Waals surface area contributed by atoms with Crippen LogP contribution in [-0.4, -0.2) is 20.5 Å². The first-order valence-electron chi connectivity index (χ1n) is 6.89. The van der Waals surface area contributed by atoms with Crippen LogP contribution >= 0.6 is 0 Å². The van der Waals surface area contributed by atoms with Crippen LogP contribution in [0.3, 0.4) is 0 Å². The van der Waals surface area contributed by atoms with E-state index < -0.39 is 10.0 Å². The molecule has 0 radical (unpaired) electrons. The van der Waals surface area contributed by atoms with Gasteiger partial charge in [-0.05, 0) is 23.3 Å². The molecule has 2 rings (SSSR count). The second kappa shape index (κ2) is 7.55. The van der Waals surface area contributed by atoms with Crippen LogP contribution in [0.25, 0.3) is 0 Å². The van der Waals surface area contributed by atoms with E-state index in [-0.39, 0.29) is 11.7 Å². The predicted molar refractivity (Wildman–Crippen MR) is 90.5 cm³/mol. The molecule has 0 aliphatic heterocycles. The summed E-state index contributed by atoms with van der Waals surface area (Å²) < 4.78 is 23.8. The number of sulfonamides is 1. The molecule has 0 unspecified atom stereocenters. The zero-order valence-electron chi connectivity index (χ0n) is 12.6. The first-order chi connectivity index (χ1) is 10.9. The van der Waals surface area contributed by atoms with Crippen LogP contribution in [0.15, 0.2) is 59.7 Å². The molecule has 0 heterocycles. The van der Waals surface area contributed by atoms with Gasteiger partial charge in [0.2, 0.25) is 5.91 Å². The van der Waals surface area contributed by atoms with Crippen molar-refractivity contribution in [2.45, 2.75) is 12.7 Å². The van der Waals surface area contributed by atoms with Gasteiger partial charge in [0.1, 0.15) is 0 Å². The molecule has 0 aliphatic rings. The van der Waals surface area contributed by atoms with Crippen molar-refractivity contribution in [3.63, 3.8) is 0 Å². The summed E-state index contributed by atoms with van der Waals surface area (Å²) in [4.78, 5) is 13.1. The highest BCUT2D eigenvalue weighted by Crippen LogP contribution is 2.08. The third-order valence-corrected chi connectivity index (χ3v) is 3.93. The van der Waals surface area contributed by atoms with Crippen molar-refractivity contribution in [1.29, 1.82) is 0 Å². The Morgan fingerprint density at radius 3 is 2.35 bits per heavy atom. The minimum absolute atomic E-state index is 0.132. The standard InChI is InChI=1S/C16H17N3O3S/c1-13(20)18-16-9-7-14(8-10-16)11-17-19-23(21,22)12-15-5-3-2-4-6-15/h2-11,19H,12H2,1H3,(H,18,20)/b17-11+. The fourth-order valence-electron chi connectivity index (χ4n) is 1.86. The highest BCUT2D eigenvalue weighted by Gasteiger charge is 2.09. The minimum atomic E-state index is -3.53. The Labute approximate surface area is 135 Å². The molecule has 0 fully saturated rings. The van der Waals surface area contributed by atoms with Crippen molar-refractivity contribution in [1.82, 2.24) is 4.83 Å². The summed E-state index contributed by atoms with van der Waals surface area (Å²) >= 11 is 0. The number of carbonyl (C=O) groups is 1. The molecule has 2 aromatic carbocycles. The van der Waals surface area contributed by atoms with Crippen LogP contribution in [0.2, 0.25) is 0 Å². The van der Waals surface area contributed by atoms with E-state index in [2.05, 4.69) is 15.2 Å². The number of hydrogen-bond donors (Lipinski definition) is 2. The average Bonchev–Trinajstić information content (AvgIpc) is 2.49. The lowest BCUT2D eigenvalue weighted by Gasteiger charge is -2.04. The SMILES string of the molecule is CC(=O)Nc1ccc(/C=N/NS(=O)(=O)Cc2ccccc2)cc1. The number of rotatable bonds is 6. The summed E-state index contributed by atoms with van der Waals surface area (Å²) in [5.74, 6) is -0.285. The van der Waals surface area contributed by atoms with Crippen molar-refractivity contribution >= 4 is 27.8 Å². The maximum atomic E-state index is 11.9. The smallest absolute Gasteiger partial charge is 0.251 e. The number of benzene rings is 2. The largest absolute Gasteiger partial charge is 0.326 e. The van der Waals surface area contributed by atoms with Gasteiger partial charge in [0, 0.05) is 12.6 Å². The third kappa shape index (κ3) is 5.91. The minimum Gasteiger partial charge on any atom is -0.326 e. The zero-order chi connectivity index (χ0) is 16.7. The molecule has 0 bridgehead atoms. The van der Waals surface area contributed by atoms with E-state index in [4.69, 9.17) is 0 Å². The second-order valence-electron chi connectivity index (χ2n) is 4.90. The van der Waals surface area contributed by atoms with E-state index in [9.17, 15) is 13.2 Å². The number of anilines is 1. The van der Waals surface area contributed by atoms with E-state index in [1.165, 1.54) is 13.1 Å². The molecule has 2 aromatic rings. The average molecular weight is 331 g/mol. The van der Waals surface area contributed by atoms with Gasteiger partial charge in [-0.15, -0.1) is 0 Å². The molecular weight excluding hydrogens is 314 g/mol. The van der Waals surface area contributed by atoms with E-state index in [0.717, 1.165) is 0 Å². The second-order valence-corrected chi connectivity index (χ2v) is 6.60. The normalized spacial score (nSPS) is 11.3. The molecule has 23 heavy (non-hydrogen) atoms. The first kappa shape index (κ1) is 16.7. The Balaban J connectivity index is 1.94. The third-order valence-electron chi connectivity index (χ3n) is 2.84. The van der Waals surface area contributed by atoms with Crippen molar-refractivity contribution in [2.75, 3.05) is 5.32 Å². The van der Waals surface area contributed by atoms with Gasteiger partial charge < -0.3 is 5.32 Å². The predicted octanol–water partition coefficient (Wildman–Crippen LogP) is 2.10. The summed E-state index contributed by atoms with van der Waals surface area (Å²) in [6.07, 6.45) is 1.40. The molecule has 0 saturated heterocycles. The van der Waals surface area contributed by atoms with Gasteiger partial charge in [-0.25, -0.2) is 13.2 Å². The van der Waals surface area contributed by atoms with Crippen molar-refractivity contribution in [3.05, 3.63) is 65.7 Å². The lowest BCUT2D eigenvalue weighted by Crippen LogP contribution is -2.20. The fourth-order valence-corrected chi connectivity index (χ4v) is 2.77. The number of nitrogens with zero attached hydrogens (tertiary/aromatic N) is 1. The molecule has 0 aromatic heterocycles. The number of amides is 1. The molecule has 0 atom stereocenters. The number of carbonyl (C=O) groups excluding carboxylic acids is 1. The highest BCUT2D eigenvalue weighted by atomic mass is 32.2. The molecule has 6 nitrogen and oxygen atoms in total. The number of hydrazone groups is 1. The molecule has 2 N–H and O–H groups in total. The van der Waals surface area contributed by atoms with Crippen LogP contribution in [0.1, 0.15) is 18.1 Å². The molecule has 1 amide bonds. The lowest BCUT2D eigenvalue weighted by atomic mass is 10.2. The van der Waals surface area contributed by atoms with Crippen LogP contribution in [0, 0.1) is 0 Å². The van der Waals surface area contributed by atoms with E-state index in [1.807, 2.05) is 6.07 Å². The monoisotopic (exact) mass is 331 g/mol. The topological polar surface area (TPSA) is 87.6 Å². The summed E-state index contributed by atoms with van der Waals surface area (Å²) in [6.45, 7) is 1.43. The first-order valence-corrected chi connectivity index (χ1v) is 8.54. The summed E-state index contributed by atoms with van der Waals surface area (Å²) in [6, 6.07) is 15.7. The molecule has 120 valence electrons. The lowest BCUT2D eigenvalue weighted by molar-refractivity contribution is -0.114. The molecule has 7 heteroatoms. The van der Waals surface area contributed by atoms with Gasteiger partial charge in [-0.2, -0.15) is 5.10 Å². The maximum absolute atomic E-state index is 11.9. The van der Waals surface area contributed by atoms with Gasteiger partial charge >= 0.3 is 0 Å². The van der Waals surface area contributed by atoms with Crippen molar-refractivity contribution in [3.8, 4) is 0 Å². The van der Waals surface area contributed by atoms with Crippen LogP contribution in [-0.2, 0) is 20.6 Å². The van der Waals surface area contributed by atoms with Crippen molar-refractivity contribution in [2.24, 2.45) is 5.10 Å². The molecule has 0 saturated carbocycles. The Hall–Kier alpha value is -2.67.